The van der Waals surface area contributed by atoms with Gasteiger partial charge < -0.3 is 5.32 Å². The highest BCUT2D eigenvalue weighted by Crippen LogP contribution is 2.47. The predicted octanol–water partition coefficient (Wildman–Crippen LogP) is 4.79. The van der Waals surface area contributed by atoms with Crippen molar-refractivity contribution in [3.8, 4) is 0 Å². The molecule has 0 bridgehead atoms. The fourth-order valence-corrected chi connectivity index (χ4v) is 3.00. The Morgan fingerprint density at radius 1 is 1.15 bits per heavy atom. The van der Waals surface area contributed by atoms with Crippen molar-refractivity contribution in [2.75, 3.05) is 6.54 Å². The summed E-state index contributed by atoms with van der Waals surface area (Å²) in [4.78, 5) is 0. The molecule has 0 heterocycles. The van der Waals surface area contributed by atoms with Crippen molar-refractivity contribution in [2.45, 2.75) is 25.3 Å². The minimum atomic E-state index is 0.353. The van der Waals surface area contributed by atoms with Gasteiger partial charge in [0.1, 0.15) is 0 Å². The van der Waals surface area contributed by atoms with E-state index in [-0.39, 0.29) is 0 Å². The van der Waals surface area contributed by atoms with Crippen molar-refractivity contribution < 1.29 is 0 Å². The van der Waals surface area contributed by atoms with Crippen LogP contribution in [0.5, 0.6) is 0 Å². The molecule has 20 heavy (non-hydrogen) atoms. The van der Waals surface area contributed by atoms with E-state index in [1.165, 1.54) is 17.5 Å². The lowest BCUT2D eigenvalue weighted by atomic mass is 10.1. The van der Waals surface area contributed by atoms with Crippen LogP contribution in [0.3, 0.4) is 0 Å². The van der Waals surface area contributed by atoms with Crippen LogP contribution in [0.4, 0.5) is 0 Å². The molecule has 0 amide bonds. The molecule has 0 radical (unpaired) electrons. The lowest BCUT2D eigenvalue weighted by Crippen LogP contribution is -2.21. The Morgan fingerprint density at radius 2 is 1.95 bits per heavy atom. The van der Waals surface area contributed by atoms with Crippen LogP contribution in [0.15, 0.2) is 54.6 Å². The average Bonchev–Trinajstić information content (AvgIpc) is 3.25. The van der Waals surface area contributed by atoms with Gasteiger partial charge >= 0.3 is 0 Å². The molecular formula is C18H20ClN. The third kappa shape index (κ3) is 3.23. The van der Waals surface area contributed by atoms with E-state index in [0.717, 1.165) is 23.4 Å². The monoisotopic (exact) mass is 285 g/mol. The van der Waals surface area contributed by atoms with Gasteiger partial charge in [0.25, 0.3) is 0 Å². The van der Waals surface area contributed by atoms with Crippen LogP contribution < -0.4 is 5.32 Å². The second-order valence-electron chi connectivity index (χ2n) is 5.70. The second kappa shape index (κ2) is 5.99. The van der Waals surface area contributed by atoms with Gasteiger partial charge in [-0.05, 0) is 55.0 Å². The van der Waals surface area contributed by atoms with Gasteiger partial charge in [0, 0.05) is 11.1 Å². The summed E-state index contributed by atoms with van der Waals surface area (Å²) in [5.41, 5.74) is 2.74. The molecule has 2 aromatic carbocycles. The summed E-state index contributed by atoms with van der Waals surface area (Å²) >= 11 is 6.04. The highest BCUT2D eigenvalue weighted by atomic mass is 35.5. The molecule has 1 fully saturated rings. The summed E-state index contributed by atoms with van der Waals surface area (Å²) in [5.74, 6) is 1.52. The Morgan fingerprint density at radius 3 is 2.70 bits per heavy atom. The highest BCUT2D eigenvalue weighted by molar-refractivity contribution is 6.30. The number of rotatable bonds is 5. The van der Waals surface area contributed by atoms with Crippen molar-refractivity contribution in [3.63, 3.8) is 0 Å². The number of hydrogen-bond donors (Lipinski definition) is 1. The first-order chi connectivity index (χ1) is 9.74. The first kappa shape index (κ1) is 13.7. The van der Waals surface area contributed by atoms with Crippen LogP contribution in [0.25, 0.3) is 0 Å². The summed E-state index contributed by atoms with van der Waals surface area (Å²) in [6.45, 7) is 3.28. The van der Waals surface area contributed by atoms with E-state index < -0.39 is 0 Å². The molecule has 1 saturated carbocycles. The summed E-state index contributed by atoms with van der Waals surface area (Å²) in [5, 5.41) is 4.44. The Bertz CT molecular complexity index is 567. The topological polar surface area (TPSA) is 12.0 Å². The molecule has 3 rings (SSSR count). The fraction of sp³-hybridized carbons (Fsp3) is 0.333. The van der Waals surface area contributed by atoms with E-state index in [9.17, 15) is 0 Å². The van der Waals surface area contributed by atoms with Gasteiger partial charge in [-0.3, -0.25) is 0 Å². The molecular weight excluding hydrogens is 266 g/mol. The summed E-state index contributed by atoms with van der Waals surface area (Å²) < 4.78 is 0. The molecule has 0 aromatic heterocycles. The highest BCUT2D eigenvalue weighted by Gasteiger charge is 2.37. The van der Waals surface area contributed by atoms with E-state index in [1.807, 2.05) is 18.2 Å². The summed E-state index contributed by atoms with van der Waals surface area (Å²) in [6, 6.07) is 19.3. The minimum absolute atomic E-state index is 0.353. The Hall–Kier alpha value is -1.31. The smallest absolute Gasteiger partial charge is 0.0409 e. The molecule has 1 nitrogen and oxygen atoms in total. The van der Waals surface area contributed by atoms with Crippen molar-refractivity contribution in [1.29, 1.82) is 0 Å². The van der Waals surface area contributed by atoms with Crippen molar-refractivity contribution in [1.82, 2.24) is 5.32 Å². The van der Waals surface area contributed by atoms with Gasteiger partial charge in [-0.1, -0.05) is 54.1 Å². The lowest BCUT2D eigenvalue weighted by molar-refractivity contribution is 0.543. The molecule has 104 valence electrons. The number of hydrogen-bond acceptors (Lipinski definition) is 1. The van der Waals surface area contributed by atoms with E-state index in [4.69, 9.17) is 11.6 Å². The van der Waals surface area contributed by atoms with Gasteiger partial charge in [0.05, 0.1) is 0 Å². The largest absolute Gasteiger partial charge is 0.310 e. The molecule has 2 aromatic rings. The van der Waals surface area contributed by atoms with Crippen LogP contribution in [-0.4, -0.2) is 6.54 Å². The number of nitrogens with one attached hydrogen (secondary N) is 1. The zero-order valence-electron chi connectivity index (χ0n) is 11.7. The van der Waals surface area contributed by atoms with Gasteiger partial charge in [-0.15, -0.1) is 0 Å². The zero-order valence-corrected chi connectivity index (χ0v) is 12.5. The molecule has 0 spiro atoms. The Balaban J connectivity index is 1.52. The van der Waals surface area contributed by atoms with Crippen molar-refractivity contribution in [3.05, 3.63) is 70.7 Å². The maximum atomic E-state index is 6.04. The van der Waals surface area contributed by atoms with Gasteiger partial charge in [0.15, 0.2) is 0 Å². The third-order valence-corrected chi connectivity index (χ3v) is 4.42. The first-order valence-electron chi connectivity index (χ1n) is 7.28. The van der Waals surface area contributed by atoms with Gasteiger partial charge in [0.2, 0.25) is 0 Å². The lowest BCUT2D eigenvalue weighted by Gasteiger charge is -2.14. The van der Waals surface area contributed by atoms with Crippen LogP contribution in [0.1, 0.15) is 36.4 Å². The SMILES string of the molecule is CC(NCC1CC1c1ccccc1)c1cccc(Cl)c1. The molecule has 1 aliphatic carbocycles. The quantitative estimate of drug-likeness (QED) is 0.832. The maximum absolute atomic E-state index is 6.04. The van der Waals surface area contributed by atoms with Crippen molar-refractivity contribution in [2.24, 2.45) is 5.92 Å². The van der Waals surface area contributed by atoms with Gasteiger partial charge in [-0.2, -0.15) is 0 Å². The number of halogens is 1. The standard InChI is InChI=1S/C18H20ClN/c1-13(15-8-5-9-17(19)10-15)20-12-16-11-18(16)14-6-3-2-4-7-14/h2-10,13,16,18,20H,11-12H2,1H3. The maximum Gasteiger partial charge on any atom is 0.0409 e. The first-order valence-corrected chi connectivity index (χ1v) is 7.65. The normalized spacial score (nSPS) is 22.5. The van der Waals surface area contributed by atoms with E-state index >= 15 is 0 Å². The van der Waals surface area contributed by atoms with Crippen LogP contribution in [0, 0.1) is 5.92 Å². The average molecular weight is 286 g/mol. The van der Waals surface area contributed by atoms with Crippen LogP contribution >= 0.6 is 11.6 Å². The van der Waals surface area contributed by atoms with Crippen LogP contribution in [0.2, 0.25) is 5.02 Å². The third-order valence-electron chi connectivity index (χ3n) is 4.19. The zero-order chi connectivity index (χ0) is 13.9. The van der Waals surface area contributed by atoms with E-state index in [2.05, 4.69) is 48.6 Å². The van der Waals surface area contributed by atoms with Gasteiger partial charge in [-0.25, -0.2) is 0 Å². The number of benzene rings is 2. The summed E-state index contributed by atoms with van der Waals surface area (Å²) in [7, 11) is 0. The van der Waals surface area contributed by atoms with Crippen LogP contribution in [-0.2, 0) is 0 Å². The molecule has 3 atom stereocenters. The molecule has 0 aliphatic heterocycles. The van der Waals surface area contributed by atoms with Crippen molar-refractivity contribution >= 4 is 11.6 Å². The Kier molecular flexibility index (Phi) is 4.09. The summed E-state index contributed by atoms with van der Waals surface area (Å²) in [6.07, 6.45) is 1.30. The molecule has 1 aliphatic rings. The molecule has 1 N–H and O–H groups in total. The molecule has 2 heteroatoms. The Labute approximate surface area is 126 Å². The molecule has 3 unspecified atom stereocenters. The minimum Gasteiger partial charge on any atom is -0.310 e. The molecule has 0 saturated heterocycles. The van der Waals surface area contributed by atoms with E-state index in [1.54, 1.807) is 0 Å². The predicted molar refractivity (Wildman–Crippen MR) is 85.2 cm³/mol. The fourth-order valence-electron chi connectivity index (χ4n) is 2.80. The van der Waals surface area contributed by atoms with E-state index in [0.29, 0.717) is 6.04 Å². The second-order valence-corrected chi connectivity index (χ2v) is 6.13.